The molecule has 7 nitrogen and oxygen atoms in total. The van der Waals surface area contributed by atoms with E-state index in [9.17, 15) is 9.59 Å². The number of anilines is 2. The lowest BCUT2D eigenvalue weighted by Gasteiger charge is -2.18. The normalized spacial score (nSPS) is 14.9. The summed E-state index contributed by atoms with van der Waals surface area (Å²) < 4.78 is 15.8. The Labute approximate surface area is 204 Å². The Morgan fingerprint density at radius 2 is 1.60 bits per heavy atom. The van der Waals surface area contributed by atoms with E-state index in [-0.39, 0.29) is 25.2 Å². The smallest absolute Gasteiger partial charge is 0.250 e. The van der Waals surface area contributed by atoms with Gasteiger partial charge in [0.1, 0.15) is 6.61 Å². The molecule has 0 spiro atoms. The van der Waals surface area contributed by atoms with Crippen molar-refractivity contribution in [3.63, 3.8) is 0 Å². The molecule has 5 rings (SSSR count). The lowest BCUT2D eigenvalue weighted by Crippen LogP contribution is -2.27. The molecule has 2 amide bonds. The maximum Gasteiger partial charge on any atom is 0.250 e. The fourth-order valence-corrected chi connectivity index (χ4v) is 4.58. The maximum atomic E-state index is 13.4. The van der Waals surface area contributed by atoms with Gasteiger partial charge in [-0.15, -0.1) is 0 Å². The number of amides is 2. The first-order chi connectivity index (χ1) is 16.9. The highest BCUT2D eigenvalue weighted by molar-refractivity contribution is 6.02. The lowest BCUT2D eigenvalue weighted by atomic mass is 9.93. The predicted molar refractivity (Wildman–Crippen MR) is 134 cm³/mol. The van der Waals surface area contributed by atoms with Crippen molar-refractivity contribution >= 4 is 23.2 Å². The molecule has 0 unspecified atom stereocenters. The molecule has 1 aliphatic carbocycles. The summed E-state index contributed by atoms with van der Waals surface area (Å²) in [5.74, 6) is 1.19. The Hall–Kier alpha value is -3.84. The number of benzene rings is 3. The van der Waals surface area contributed by atoms with E-state index in [1.807, 2.05) is 68.4 Å². The van der Waals surface area contributed by atoms with Gasteiger partial charge >= 0.3 is 0 Å². The number of methoxy groups -OCH3 is 1. The van der Waals surface area contributed by atoms with Crippen molar-refractivity contribution in [1.82, 2.24) is 0 Å². The van der Waals surface area contributed by atoms with Gasteiger partial charge in [0, 0.05) is 18.5 Å². The topological polar surface area (TPSA) is 85.9 Å². The molecule has 1 heterocycles. The van der Waals surface area contributed by atoms with Crippen LogP contribution in [0.1, 0.15) is 29.5 Å². The first-order valence-corrected chi connectivity index (χ1v) is 11.6. The standard InChI is InChI=1S/C28H28N2O5/c1-17-4-6-21(14-23(17)22-8-7-20(12-18(22)2)29-26(31)15-33-3)30-27(32)28(10-11-28)19-5-9-24-25(13-19)35-16-34-24/h4-9,12-14H,10-11,15-16H2,1-3H3,(H,29,31)(H,30,32). The monoisotopic (exact) mass is 472 g/mol. The van der Waals surface area contributed by atoms with E-state index < -0.39 is 5.41 Å². The van der Waals surface area contributed by atoms with Crippen LogP contribution in [-0.2, 0) is 19.7 Å². The van der Waals surface area contributed by atoms with Crippen LogP contribution in [0.25, 0.3) is 11.1 Å². The van der Waals surface area contributed by atoms with Gasteiger partial charge in [0.2, 0.25) is 18.6 Å². The van der Waals surface area contributed by atoms with Crippen LogP contribution < -0.4 is 20.1 Å². The summed E-state index contributed by atoms with van der Waals surface area (Å²) in [6.45, 7) is 4.27. The second-order valence-corrected chi connectivity index (χ2v) is 9.14. The largest absolute Gasteiger partial charge is 0.454 e. The van der Waals surface area contributed by atoms with Crippen molar-refractivity contribution in [3.05, 3.63) is 71.3 Å². The minimum atomic E-state index is -0.538. The second-order valence-electron chi connectivity index (χ2n) is 9.14. The number of hydrogen-bond acceptors (Lipinski definition) is 5. The van der Waals surface area contributed by atoms with E-state index in [0.717, 1.165) is 52.0 Å². The minimum absolute atomic E-state index is 0.00933. The van der Waals surface area contributed by atoms with Crippen LogP contribution in [0.15, 0.2) is 54.6 Å². The van der Waals surface area contributed by atoms with Gasteiger partial charge in [-0.2, -0.15) is 0 Å². The average Bonchev–Trinajstić information content (AvgIpc) is 3.51. The van der Waals surface area contributed by atoms with Crippen molar-refractivity contribution in [2.75, 3.05) is 31.1 Å². The SMILES string of the molecule is COCC(=O)Nc1ccc(-c2cc(NC(=O)C3(c4ccc5c(c4)OCO5)CC3)ccc2C)c(C)c1. The van der Waals surface area contributed by atoms with Crippen molar-refractivity contribution in [2.45, 2.75) is 32.1 Å². The Bertz CT molecular complexity index is 1310. The van der Waals surface area contributed by atoms with E-state index in [1.54, 1.807) is 0 Å². The molecule has 0 saturated heterocycles. The maximum absolute atomic E-state index is 13.4. The molecule has 0 bridgehead atoms. The second kappa shape index (κ2) is 9.07. The summed E-state index contributed by atoms with van der Waals surface area (Å²) >= 11 is 0. The molecule has 3 aromatic rings. The number of fused-ring (bicyclic) bond motifs is 1. The molecule has 2 N–H and O–H groups in total. The first-order valence-electron chi connectivity index (χ1n) is 11.6. The molecule has 0 radical (unpaired) electrons. The highest BCUT2D eigenvalue weighted by Gasteiger charge is 2.51. The first kappa shape index (κ1) is 22.9. The third-order valence-electron chi connectivity index (χ3n) is 6.68. The van der Waals surface area contributed by atoms with Gasteiger partial charge in [-0.1, -0.05) is 18.2 Å². The van der Waals surface area contributed by atoms with Crippen molar-refractivity contribution < 1.29 is 23.8 Å². The van der Waals surface area contributed by atoms with E-state index in [4.69, 9.17) is 14.2 Å². The van der Waals surface area contributed by atoms with Crippen molar-refractivity contribution in [3.8, 4) is 22.6 Å². The summed E-state index contributed by atoms with van der Waals surface area (Å²) in [5.41, 5.74) is 6.07. The number of rotatable bonds is 7. The summed E-state index contributed by atoms with van der Waals surface area (Å²) in [5, 5.41) is 5.97. The van der Waals surface area contributed by atoms with Gasteiger partial charge in [-0.05, 0) is 90.9 Å². The van der Waals surface area contributed by atoms with Crippen LogP contribution in [0.5, 0.6) is 11.5 Å². The van der Waals surface area contributed by atoms with E-state index in [2.05, 4.69) is 10.6 Å². The summed E-state index contributed by atoms with van der Waals surface area (Å²) in [7, 11) is 1.49. The molecule has 1 saturated carbocycles. The summed E-state index contributed by atoms with van der Waals surface area (Å²) in [6, 6.07) is 17.5. The molecule has 0 aromatic heterocycles. The predicted octanol–water partition coefficient (Wildman–Crippen LogP) is 4.95. The van der Waals surface area contributed by atoms with Gasteiger partial charge < -0.3 is 24.8 Å². The van der Waals surface area contributed by atoms with Crippen LogP contribution in [-0.4, -0.2) is 32.3 Å². The zero-order valence-corrected chi connectivity index (χ0v) is 20.1. The number of carbonyl (C=O) groups is 2. The Balaban J connectivity index is 1.36. The van der Waals surface area contributed by atoms with Crippen LogP contribution in [0.3, 0.4) is 0 Å². The molecule has 3 aromatic carbocycles. The highest BCUT2D eigenvalue weighted by atomic mass is 16.7. The lowest BCUT2D eigenvalue weighted by molar-refractivity contribution is -0.120. The zero-order valence-electron chi connectivity index (χ0n) is 20.1. The Kier molecular flexibility index (Phi) is 5.94. The molecule has 2 aliphatic rings. The molecule has 1 fully saturated rings. The van der Waals surface area contributed by atoms with Gasteiger partial charge in [0.05, 0.1) is 5.41 Å². The number of nitrogens with one attached hydrogen (secondary N) is 2. The van der Waals surface area contributed by atoms with E-state index in [1.165, 1.54) is 7.11 Å². The molecule has 0 atom stereocenters. The number of aryl methyl sites for hydroxylation is 2. The van der Waals surface area contributed by atoms with Crippen LogP contribution in [0.2, 0.25) is 0 Å². The van der Waals surface area contributed by atoms with Crippen LogP contribution in [0, 0.1) is 13.8 Å². The Morgan fingerprint density at radius 3 is 2.34 bits per heavy atom. The third kappa shape index (κ3) is 4.47. The molecule has 1 aliphatic heterocycles. The Morgan fingerprint density at radius 1 is 0.857 bits per heavy atom. The zero-order chi connectivity index (χ0) is 24.6. The summed E-state index contributed by atoms with van der Waals surface area (Å²) in [6.07, 6.45) is 1.60. The van der Waals surface area contributed by atoms with Gasteiger partial charge in [0.25, 0.3) is 0 Å². The van der Waals surface area contributed by atoms with Gasteiger partial charge in [0.15, 0.2) is 11.5 Å². The molecule has 35 heavy (non-hydrogen) atoms. The molecular weight excluding hydrogens is 444 g/mol. The van der Waals surface area contributed by atoms with Gasteiger partial charge in [-0.3, -0.25) is 9.59 Å². The fourth-order valence-electron chi connectivity index (χ4n) is 4.58. The van der Waals surface area contributed by atoms with E-state index in [0.29, 0.717) is 11.5 Å². The van der Waals surface area contributed by atoms with Crippen molar-refractivity contribution in [1.29, 1.82) is 0 Å². The number of ether oxygens (including phenoxy) is 3. The number of carbonyl (C=O) groups excluding carboxylic acids is 2. The average molecular weight is 473 g/mol. The highest BCUT2D eigenvalue weighted by Crippen LogP contribution is 2.51. The van der Waals surface area contributed by atoms with Gasteiger partial charge in [-0.25, -0.2) is 0 Å². The van der Waals surface area contributed by atoms with E-state index >= 15 is 0 Å². The summed E-state index contributed by atoms with van der Waals surface area (Å²) in [4.78, 5) is 25.2. The van der Waals surface area contributed by atoms with Crippen LogP contribution >= 0.6 is 0 Å². The molecule has 180 valence electrons. The van der Waals surface area contributed by atoms with Crippen LogP contribution in [0.4, 0.5) is 11.4 Å². The fraction of sp³-hybridized carbons (Fsp3) is 0.286. The molecule has 7 heteroatoms. The molecular formula is C28H28N2O5. The number of hydrogen-bond donors (Lipinski definition) is 2. The quantitative estimate of drug-likeness (QED) is 0.508. The minimum Gasteiger partial charge on any atom is -0.454 e. The third-order valence-corrected chi connectivity index (χ3v) is 6.68. The van der Waals surface area contributed by atoms with Crippen molar-refractivity contribution in [2.24, 2.45) is 0 Å².